The highest BCUT2D eigenvalue weighted by atomic mass is 16.5. The molecule has 148 valence electrons. The first-order valence-corrected chi connectivity index (χ1v) is 9.64. The molecule has 30 heavy (non-hydrogen) atoms. The van der Waals surface area contributed by atoms with Gasteiger partial charge in [0.1, 0.15) is 18.1 Å². The number of pyridine rings is 1. The highest BCUT2D eigenvalue weighted by Gasteiger charge is 2.07. The summed E-state index contributed by atoms with van der Waals surface area (Å²) in [7, 11) is 1.64. The van der Waals surface area contributed by atoms with E-state index in [0.717, 1.165) is 28.0 Å². The number of rotatable bonds is 7. The summed E-state index contributed by atoms with van der Waals surface area (Å²) >= 11 is 0. The van der Waals surface area contributed by atoms with E-state index in [1.54, 1.807) is 43.8 Å². The predicted molar refractivity (Wildman–Crippen MR) is 119 cm³/mol. The maximum absolute atomic E-state index is 12.3. The molecule has 0 radical (unpaired) electrons. The topological polar surface area (TPSA) is 48.4 Å². The van der Waals surface area contributed by atoms with E-state index in [9.17, 15) is 4.79 Å². The van der Waals surface area contributed by atoms with Gasteiger partial charge in [0.15, 0.2) is 5.78 Å². The highest BCUT2D eigenvalue weighted by Crippen LogP contribution is 2.25. The molecule has 0 unspecified atom stereocenters. The van der Waals surface area contributed by atoms with Crippen LogP contribution < -0.4 is 9.47 Å². The number of aromatic nitrogens is 1. The van der Waals surface area contributed by atoms with E-state index in [1.807, 2.05) is 48.5 Å². The Morgan fingerprint density at radius 2 is 1.83 bits per heavy atom. The Labute approximate surface area is 175 Å². The molecule has 0 bridgehead atoms. The smallest absolute Gasteiger partial charge is 0.187 e. The number of carbonyl (C=O) groups excluding carboxylic acids is 1. The zero-order valence-corrected chi connectivity index (χ0v) is 16.6. The Kier molecular flexibility index (Phi) is 5.85. The van der Waals surface area contributed by atoms with E-state index in [1.165, 1.54) is 5.39 Å². The third kappa shape index (κ3) is 4.55. The number of nitrogens with zero attached hydrogens (tertiary/aromatic N) is 1. The summed E-state index contributed by atoms with van der Waals surface area (Å²) in [4.78, 5) is 16.2. The van der Waals surface area contributed by atoms with Crippen LogP contribution in [0.15, 0.2) is 91.3 Å². The van der Waals surface area contributed by atoms with Gasteiger partial charge in [-0.3, -0.25) is 9.78 Å². The third-order valence-corrected chi connectivity index (χ3v) is 4.79. The summed E-state index contributed by atoms with van der Waals surface area (Å²) in [5.41, 5.74) is 2.36. The van der Waals surface area contributed by atoms with Crippen molar-refractivity contribution in [1.82, 2.24) is 4.98 Å². The first kappa shape index (κ1) is 19.4. The molecule has 0 fully saturated rings. The van der Waals surface area contributed by atoms with Crippen molar-refractivity contribution in [2.75, 3.05) is 7.11 Å². The SMILES string of the molecule is COc1ccc(/C=C/C(=O)c2cccnc2)cc1COc1ccc2ccccc2c1. The molecule has 0 aliphatic carbocycles. The second kappa shape index (κ2) is 9.05. The van der Waals surface area contributed by atoms with E-state index in [-0.39, 0.29) is 5.78 Å². The molecule has 0 saturated carbocycles. The van der Waals surface area contributed by atoms with Crippen molar-refractivity contribution in [1.29, 1.82) is 0 Å². The lowest BCUT2D eigenvalue weighted by Crippen LogP contribution is -1.99. The van der Waals surface area contributed by atoms with Crippen LogP contribution in [0.1, 0.15) is 21.5 Å². The van der Waals surface area contributed by atoms with Gasteiger partial charge in [-0.1, -0.05) is 42.5 Å². The zero-order chi connectivity index (χ0) is 20.8. The Balaban J connectivity index is 1.50. The number of methoxy groups -OCH3 is 1. The molecule has 0 amide bonds. The normalized spacial score (nSPS) is 11.0. The van der Waals surface area contributed by atoms with Crippen LogP contribution in [0.25, 0.3) is 16.8 Å². The van der Waals surface area contributed by atoms with Crippen molar-refractivity contribution >= 4 is 22.6 Å². The molecule has 4 aromatic rings. The predicted octanol–water partition coefficient (Wildman–Crippen LogP) is 5.72. The van der Waals surface area contributed by atoms with Crippen LogP contribution >= 0.6 is 0 Å². The van der Waals surface area contributed by atoms with Crippen LogP contribution in [-0.4, -0.2) is 17.9 Å². The van der Waals surface area contributed by atoms with Gasteiger partial charge in [0.2, 0.25) is 0 Å². The maximum atomic E-state index is 12.3. The minimum absolute atomic E-state index is 0.0899. The van der Waals surface area contributed by atoms with E-state index in [0.29, 0.717) is 12.2 Å². The van der Waals surface area contributed by atoms with Crippen molar-refractivity contribution in [2.45, 2.75) is 6.61 Å². The summed E-state index contributed by atoms with van der Waals surface area (Å²) in [6.07, 6.45) is 6.54. The van der Waals surface area contributed by atoms with E-state index in [4.69, 9.17) is 9.47 Å². The minimum Gasteiger partial charge on any atom is -0.496 e. The van der Waals surface area contributed by atoms with Crippen molar-refractivity contribution < 1.29 is 14.3 Å². The fourth-order valence-corrected chi connectivity index (χ4v) is 3.21. The number of hydrogen-bond acceptors (Lipinski definition) is 4. The maximum Gasteiger partial charge on any atom is 0.187 e. The van der Waals surface area contributed by atoms with Gasteiger partial charge in [0.05, 0.1) is 7.11 Å². The fourth-order valence-electron chi connectivity index (χ4n) is 3.21. The molecule has 1 heterocycles. The van der Waals surface area contributed by atoms with Gasteiger partial charge < -0.3 is 9.47 Å². The van der Waals surface area contributed by atoms with Gasteiger partial charge in [0, 0.05) is 23.5 Å². The number of carbonyl (C=O) groups is 1. The second-order valence-corrected chi connectivity index (χ2v) is 6.81. The molecule has 1 aromatic heterocycles. The summed E-state index contributed by atoms with van der Waals surface area (Å²) in [6.45, 7) is 0.361. The molecular weight excluding hydrogens is 374 g/mol. The van der Waals surface area contributed by atoms with E-state index in [2.05, 4.69) is 17.1 Å². The van der Waals surface area contributed by atoms with Crippen LogP contribution in [0.4, 0.5) is 0 Å². The van der Waals surface area contributed by atoms with Crippen LogP contribution in [-0.2, 0) is 6.61 Å². The van der Waals surface area contributed by atoms with Crippen LogP contribution in [0.5, 0.6) is 11.5 Å². The molecule has 4 nitrogen and oxygen atoms in total. The summed E-state index contributed by atoms with van der Waals surface area (Å²) < 4.78 is 11.5. The average molecular weight is 395 g/mol. The molecule has 0 N–H and O–H groups in total. The number of allylic oxidation sites excluding steroid dienone is 1. The summed E-state index contributed by atoms with van der Waals surface area (Å²) in [5.74, 6) is 1.45. The van der Waals surface area contributed by atoms with E-state index < -0.39 is 0 Å². The lowest BCUT2D eigenvalue weighted by Gasteiger charge is -2.12. The minimum atomic E-state index is -0.0899. The van der Waals surface area contributed by atoms with Gasteiger partial charge in [-0.2, -0.15) is 0 Å². The quantitative estimate of drug-likeness (QED) is 0.297. The van der Waals surface area contributed by atoms with Gasteiger partial charge in [-0.15, -0.1) is 0 Å². The monoisotopic (exact) mass is 395 g/mol. The second-order valence-electron chi connectivity index (χ2n) is 6.81. The first-order chi connectivity index (χ1) is 14.7. The van der Waals surface area contributed by atoms with Crippen molar-refractivity contribution in [3.05, 3.63) is 108 Å². The highest BCUT2D eigenvalue weighted by molar-refractivity contribution is 6.06. The molecule has 0 aliphatic heterocycles. The number of benzene rings is 3. The molecule has 4 heteroatoms. The van der Waals surface area contributed by atoms with Crippen molar-refractivity contribution in [2.24, 2.45) is 0 Å². The van der Waals surface area contributed by atoms with Gasteiger partial charge in [-0.25, -0.2) is 0 Å². The molecule has 0 atom stereocenters. The lowest BCUT2D eigenvalue weighted by atomic mass is 10.1. The fraction of sp³-hybridized carbons (Fsp3) is 0.0769. The van der Waals surface area contributed by atoms with Crippen molar-refractivity contribution in [3.8, 4) is 11.5 Å². The van der Waals surface area contributed by atoms with Crippen molar-refractivity contribution in [3.63, 3.8) is 0 Å². The van der Waals surface area contributed by atoms with Crippen LogP contribution in [0.2, 0.25) is 0 Å². The molecule has 0 aliphatic rings. The molecule has 0 spiro atoms. The van der Waals surface area contributed by atoms with Crippen LogP contribution in [0, 0.1) is 0 Å². The number of hydrogen-bond donors (Lipinski definition) is 0. The number of ketones is 1. The average Bonchev–Trinajstić information content (AvgIpc) is 2.81. The third-order valence-electron chi connectivity index (χ3n) is 4.79. The molecule has 4 rings (SSSR count). The zero-order valence-electron chi connectivity index (χ0n) is 16.6. The molecular formula is C26H21NO3. The number of fused-ring (bicyclic) bond motifs is 1. The van der Waals surface area contributed by atoms with Gasteiger partial charge in [0.25, 0.3) is 0 Å². The van der Waals surface area contributed by atoms with Gasteiger partial charge in [-0.05, 0) is 58.8 Å². The molecule has 0 saturated heterocycles. The first-order valence-electron chi connectivity index (χ1n) is 9.64. The molecule has 3 aromatic carbocycles. The largest absolute Gasteiger partial charge is 0.496 e. The Morgan fingerprint density at radius 1 is 0.967 bits per heavy atom. The van der Waals surface area contributed by atoms with Gasteiger partial charge >= 0.3 is 0 Å². The van der Waals surface area contributed by atoms with Crippen LogP contribution in [0.3, 0.4) is 0 Å². The Morgan fingerprint density at radius 3 is 2.63 bits per heavy atom. The van der Waals surface area contributed by atoms with E-state index >= 15 is 0 Å². The standard InChI is InChI=1S/C26H21NO3/c1-29-26-13-9-19(8-12-25(28)22-7-4-14-27-17-22)15-23(26)18-30-24-11-10-20-5-2-3-6-21(20)16-24/h2-17H,18H2,1H3/b12-8+. The summed E-state index contributed by atoms with van der Waals surface area (Å²) in [5, 5.41) is 2.31. The lowest BCUT2D eigenvalue weighted by molar-refractivity contribution is 0.104. The number of ether oxygens (including phenoxy) is 2. The summed E-state index contributed by atoms with van der Waals surface area (Å²) in [6, 6.07) is 23.5. The Bertz CT molecular complexity index is 1200. The Hall–Kier alpha value is -3.92.